The van der Waals surface area contributed by atoms with Gasteiger partial charge in [-0.3, -0.25) is 5.43 Å². The largest absolute Gasteiger partial charge is 0.474 e. The number of nitrogens with one attached hydrogen (secondary N) is 2. The highest BCUT2D eigenvalue weighted by molar-refractivity contribution is 5.79. The van der Waals surface area contributed by atoms with E-state index in [1.54, 1.807) is 12.1 Å². The summed E-state index contributed by atoms with van der Waals surface area (Å²) in [6, 6.07) is 14.1. The van der Waals surface area contributed by atoms with E-state index in [1.165, 1.54) is 5.56 Å². The Balaban J connectivity index is 1.63. The maximum Gasteiger partial charge on any atom is 0.233 e. The van der Waals surface area contributed by atoms with Gasteiger partial charge in [0.2, 0.25) is 5.88 Å². The number of hydrogen-bond donors (Lipinski definition) is 3. The van der Waals surface area contributed by atoms with Crippen molar-refractivity contribution in [3.05, 3.63) is 48.0 Å². The Morgan fingerprint density at radius 1 is 1.15 bits per heavy atom. The van der Waals surface area contributed by atoms with Crippen LogP contribution in [0.2, 0.25) is 0 Å². The number of benzene rings is 1. The zero-order valence-electron chi connectivity index (χ0n) is 16.2. The van der Waals surface area contributed by atoms with E-state index in [1.807, 2.05) is 19.9 Å². The summed E-state index contributed by atoms with van der Waals surface area (Å²) < 4.78 is 5.48. The molecule has 1 aromatic heterocycles. The third kappa shape index (κ3) is 8.61. The number of anilines is 1. The average Bonchev–Trinajstić information content (AvgIpc) is 2.69. The summed E-state index contributed by atoms with van der Waals surface area (Å²) in [5.74, 6) is 0.909. The summed E-state index contributed by atoms with van der Waals surface area (Å²) in [5, 5.41) is 25.4. The molecule has 0 bridgehead atoms. The molecule has 0 spiro atoms. The summed E-state index contributed by atoms with van der Waals surface area (Å²) in [6.07, 6.45) is 1.41. The van der Waals surface area contributed by atoms with Crippen LogP contribution >= 0.6 is 0 Å². The number of aromatic nitrogens is 2. The lowest BCUT2D eigenvalue weighted by atomic mass is 10.1. The van der Waals surface area contributed by atoms with E-state index in [4.69, 9.17) is 4.74 Å². The van der Waals surface area contributed by atoms with Crippen molar-refractivity contribution in [1.82, 2.24) is 15.5 Å². The second kappa shape index (κ2) is 11.3. The molecule has 7 nitrogen and oxygen atoms in total. The summed E-state index contributed by atoms with van der Waals surface area (Å²) in [7, 11) is 0. The Labute approximate surface area is 160 Å². The van der Waals surface area contributed by atoms with Crippen molar-refractivity contribution >= 4 is 11.5 Å². The third-order valence-electron chi connectivity index (χ3n) is 3.87. The van der Waals surface area contributed by atoms with Gasteiger partial charge < -0.3 is 15.2 Å². The van der Waals surface area contributed by atoms with Gasteiger partial charge in [0.15, 0.2) is 5.82 Å². The van der Waals surface area contributed by atoms with E-state index < -0.39 is 6.10 Å². The van der Waals surface area contributed by atoms with Gasteiger partial charge in [0.05, 0.1) is 0 Å². The fourth-order valence-electron chi connectivity index (χ4n) is 2.33. The number of aliphatic hydroxyl groups excluding tert-OH is 1. The molecule has 0 amide bonds. The standard InChI is InChI=1S/C20H29N5O2/c1-15(2)22-23-19-11-12-20(25-24-19)27-14-18(26)13-21-16(3)9-10-17-7-5-4-6-8-17/h4-8,11-12,16,18,21,26H,9-10,13-14H2,1-3H3,(H,23,24). The molecule has 0 saturated carbocycles. The van der Waals surface area contributed by atoms with Crippen molar-refractivity contribution in [2.45, 2.75) is 45.8 Å². The molecule has 0 saturated heterocycles. The molecule has 1 heterocycles. The van der Waals surface area contributed by atoms with Crippen molar-refractivity contribution in [3.8, 4) is 5.88 Å². The lowest BCUT2D eigenvalue weighted by molar-refractivity contribution is 0.101. The molecule has 2 unspecified atom stereocenters. The lowest BCUT2D eigenvalue weighted by Gasteiger charge is -2.17. The molecule has 3 N–H and O–H groups in total. The van der Waals surface area contributed by atoms with Crippen LogP contribution in [0.5, 0.6) is 5.88 Å². The number of hydrazone groups is 1. The number of aryl methyl sites for hydroxylation is 1. The fourth-order valence-corrected chi connectivity index (χ4v) is 2.33. The first-order valence-corrected chi connectivity index (χ1v) is 9.21. The van der Waals surface area contributed by atoms with E-state index >= 15 is 0 Å². The highest BCUT2D eigenvalue weighted by Crippen LogP contribution is 2.09. The quantitative estimate of drug-likeness (QED) is 0.415. The maximum atomic E-state index is 10.1. The van der Waals surface area contributed by atoms with E-state index in [2.05, 4.69) is 57.2 Å². The average molecular weight is 371 g/mol. The second-order valence-corrected chi connectivity index (χ2v) is 6.73. The molecular weight excluding hydrogens is 342 g/mol. The van der Waals surface area contributed by atoms with Crippen LogP contribution in [-0.4, -0.2) is 46.3 Å². The molecule has 0 radical (unpaired) electrons. The van der Waals surface area contributed by atoms with Gasteiger partial charge in [-0.2, -0.15) is 5.10 Å². The zero-order valence-corrected chi connectivity index (χ0v) is 16.2. The predicted molar refractivity (Wildman–Crippen MR) is 108 cm³/mol. The van der Waals surface area contributed by atoms with Crippen molar-refractivity contribution in [3.63, 3.8) is 0 Å². The highest BCUT2D eigenvalue weighted by Gasteiger charge is 2.09. The smallest absolute Gasteiger partial charge is 0.233 e. The van der Waals surface area contributed by atoms with Gasteiger partial charge in [-0.25, -0.2) is 0 Å². The first kappa shape index (κ1) is 20.8. The van der Waals surface area contributed by atoms with Gasteiger partial charge in [0.25, 0.3) is 0 Å². The first-order chi connectivity index (χ1) is 13.0. The van der Waals surface area contributed by atoms with Crippen LogP contribution in [0.15, 0.2) is 47.6 Å². The molecular formula is C20H29N5O2. The Hall–Kier alpha value is -2.51. The van der Waals surface area contributed by atoms with Gasteiger partial charge in [-0.15, -0.1) is 10.2 Å². The van der Waals surface area contributed by atoms with E-state index in [-0.39, 0.29) is 6.61 Å². The summed E-state index contributed by atoms with van der Waals surface area (Å²) in [4.78, 5) is 0. The monoisotopic (exact) mass is 371 g/mol. The Bertz CT molecular complexity index is 687. The van der Waals surface area contributed by atoms with Gasteiger partial charge in [-0.05, 0) is 45.2 Å². The number of hydrogen-bond acceptors (Lipinski definition) is 7. The minimum atomic E-state index is -0.615. The Morgan fingerprint density at radius 3 is 2.59 bits per heavy atom. The van der Waals surface area contributed by atoms with Crippen molar-refractivity contribution in [2.24, 2.45) is 5.10 Å². The second-order valence-electron chi connectivity index (χ2n) is 6.73. The van der Waals surface area contributed by atoms with E-state index in [9.17, 15) is 5.11 Å². The summed E-state index contributed by atoms with van der Waals surface area (Å²) >= 11 is 0. The minimum absolute atomic E-state index is 0.159. The van der Waals surface area contributed by atoms with Gasteiger partial charge in [-0.1, -0.05) is 30.3 Å². The van der Waals surface area contributed by atoms with Crippen LogP contribution in [-0.2, 0) is 6.42 Å². The fraction of sp³-hybridized carbons (Fsp3) is 0.450. The SMILES string of the molecule is CC(C)=NNc1ccc(OCC(O)CNC(C)CCc2ccccc2)nn1. The van der Waals surface area contributed by atoms with Crippen molar-refractivity contribution in [2.75, 3.05) is 18.6 Å². The molecule has 0 fully saturated rings. The molecule has 27 heavy (non-hydrogen) atoms. The maximum absolute atomic E-state index is 10.1. The van der Waals surface area contributed by atoms with Gasteiger partial charge in [0.1, 0.15) is 12.7 Å². The number of aliphatic hydroxyl groups is 1. The molecule has 0 aliphatic rings. The van der Waals surface area contributed by atoms with Gasteiger partial charge >= 0.3 is 0 Å². The van der Waals surface area contributed by atoms with E-state index in [0.717, 1.165) is 18.6 Å². The van der Waals surface area contributed by atoms with Crippen LogP contribution in [0, 0.1) is 0 Å². The van der Waals surface area contributed by atoms with Crippen LogP contribution in [0.3, 0.4) is 0 Å². The molecule has 2 rings (SSSR count). The Kier molecular flexibility index (Phi) is 8.67. The van der Waals surface area contributed by atoms with Crippen LogP contribution < -0.4 is 15.5 Å². The third-order valence-corrected chi connectivity index (χ3v) is 3.87. The molecule has 146 valence electrons. The van der Waals surface area contributed by atoms with Gasteiger partial charge in [0, 0.05) is 24.4 Å². The molecule has 2 aromatic rings. The number of ether oxygens (including phenoxy) is 1. The normalized spacial score (nSPS) is 12.9. The van der Waals surface area contributed by atoms with Crippen LogP contribution in [0.1, 0.15) is 32.8 Å². The van der Waals surface area contributed by atoms with Crippen molar-refractivity contribution in [1.29, 1.82) is 0 Å². The molecule has 0 aliphatic heterocycles. The topological polar surface area (TPSA) is 91.7 Å². The minimum Gasteiger partial charge on any atom is -0.474 e. The van der Waals surface area contributed by atoms with Crippen LogP contribution in [0.4, 0.5) is 5.82 Å². The van der Waals surface area contributed by atoms with E-state index in [0.29, 0.717) is 24.3 Å². The number of rotatable bonds is 11. The van der Waals surface area contributed by atoms with Crippen molar-refractivity contribution < 1.29 is 9.84 Å². The lowest BCUT2D eigenvalue weighted by Crippen LogP contribution is -2.36. The molecule has 7 heteroatoms. The molecule has 1 aromatic carbocycles. The highest BCUT2D eigenvalue weighted by atomic mass is 16.5. The number of nitrogens with zero attached hydrogens (tertiary/aromatic N) is 3. The Morgan fingerprint density at radius 2 is 1.93 bits per heavy atom. The molecule has 2 atom stereocenters. The molecule has 0 aliphatic carbocycles. The first-order valence-electron chi connectivity index (χ1n) is 9.21. The predicted octanol–water partition coefficient (Wildman–Crippen LogP) is 2.63. The zero-order chi connectivity index (χ0) is 19.5. The summed E-state index contributed by atoms with van der Waals surface area (Å²) in [5.41, 5.74) is 5.01. The summed E-state index contributed by atoms with van der Waals surface area (Å²) in [6.45, 7) is 6.51. The van der Waals surface area contributed by atoms with Crippen LogP contribution in [0.25, 0.3) is 0 Å².